The van der Waals surface area contributed by atoms with Gasteiger partial charge in [-0.2, -0.15) is 9.97 Å². The Balaban J connectivity index is 1.57. The first-order chi connectivity index (χ1) is 16.5. The number of hydrogen-bond donors (Lipinski definition) is 5. The Kier molecular flexibility index (Phi) is 6.46. The number of benzene rings is 1. The van der Waals surface area contributed by atoms with Crippen LogP contribution in [0, 0.1) is 0 Å². The zero-order valence-corrected chi connectivity index (χ0v) is 18.4. The molecule has 0 unspecified atom stereocenters. The van der Waals surface area contributed by atoms with Crippen molar-refractivity contribution in [2.24, 2.45) is 0 Å². The van der Waals surface area contributed by atoms with E-state index < -0.39 is 55.2 Å². The van der Waals surface area contributed by atoms with E-state index in [1.54, 1.807) is 0 Å². The molecule has 186 valence electrons. The zero-order chi connectivity index (χ0) is 25.5. The Morgan fingerprint density at radius 2 is 1.89 bits per heavy atom. The second kappa shape index (κ2) is 9.22. The van der Waals surface area contributed by atoms with Gasteiger partial charge in [0.25, 0.3) is 5.60 Å². The zero-order valence-electron chi connectivity index (χ0n) is 17.7. The number of imidazole rings is 1. The Bertz CT molecular complexity index is 1260. The monoisotopic (exact) mass is 511 g/mol. The number of carboxylic acids is 2. The van der Waals surface area contributed by atoms with Gasteiger partial charge in [0.05, 0.1) is 12.9 Å². The summed E-state index contributed by atoms with van der Waals surface area (Å²) in [5.41, 5.74) is 3.35. The molecule has 1 fully saturated rings. The Labute approximate surface area is 200 Å². The molecule has 1 aliphatic rings. The van der Waals surface area contributed by atoms with Crippen molar-refractivity contribution in [3.63, 3.8) is 0 Å². The quantitative estimate of drug-likeness (QED) is 0.207. The lowest BCUT2D eigenvalue weighted by Gasteiger charge is -2.27. The van der Waals surface area contributed by atoms with Crippen LogP contribution in [0.1, 0.15) is 11.8 Å². The molecule has 0 aliphatic carbocycles. The van der Waals surface area contributed by atoms with Crippen molar-refractivity contribution in [3.8, 4) is 5.75 Å². The van der Waals surface area contributed by atoms with E-state index in [9.17, 15) is 30.0 Å². The molecule has 0 radical (unpaired) electrons. The number of aliphatic hydroxyl groups excluding tert-OH is 1. The van der Waals surface area contributed by atoms with Crippen LogP contribution < -0.4 is 5.73 Å². The number of alkyl halides is 1. The molecule has 0 saturated carbocycles. The molecule has 4 rings (SSSR count). The van der Waals surface area contributed by atoms with Crippen LogP contribution in [0.4, 0.5) is 10.2 Å². The number of rotatable bonds is 8. The number of carboxylic acid groups (broad SMARTS) is 2. The van der Waals surface area contributed by atoms with Crippen molar-refractivity contribution in [3.05, 3.63) is 41.4 Å². The molecule has 15 heteroatoms. The molecule has 35 heavy (non-hydrogen) atoms. The minimum atomic E-state index is -2.78. The number of nitrogens with two attached hydrogens (primary N) is 1. The number of fused-ring (bicyclic) bond motifs is 1. The minimum absolute atomic E-state index is 0.0293. The van der Waals surface area contributed by atoms with E-state index in [1.165, 1.54) is 24.3 Å². The fourth-order valence-electron chi connectivity index (χ4n) is 3.71. The van der Waals surface area contributed by atoms with Crippen molar-refractivity contribution >= 4 is 40.5 Å². The standard InChI is InChI=1S/C20H19ClFN5O8/c21-19-25-14(23)12-15(26-19)27(7-24-12)16-11(22)13(29)10(35-16)6-34-20(17(30)31,18(32)33)5-8-1-3-9(28)4-2-8/h1-4,7,10-11,13,16,28-29H,5-6H2,(H,30,31)(H,32,33)(H2,23,25,26)/t10-,11+,13-,16-/m1/s1. The summed E-state index contributed by atoms with van der Waals surface area (Å²) in [6.45, 7) is -0.778. The van der Waals surface area contributed by atoms with Gasteiger partial charge in [0.1, 0.15) is 23.5 Å². The topological polar surface area (TPSA) is 203 Å². The number of ether oxygens (including phenoxy) is 2. The molecule has 0 bridgehead atoms. The van der Waals surface area contributed by atoms with E-state index in [4.69, 9.17) is 26.8 Å². The predicted octanol–water partition coefficient (Wildman–Crippen LogP) is 0.531. The number of hydrogen-bond acceptors (Lipinski definition) is 10. The van der Waals surface area contributed by atoms with Crippen LogP contribution in [0.2, 0.25) is 5.28 Å². The average Bonchev–Trinajstić information content (AvgIpc) is 3.33. The highest BCUT2D eigenvalue weighted by Crippen LogP contribution is 2.35. The van der Waals surface area contributed by atoms with E-state index in [0.717, 1.165) is 10.9 Å². The van der Waals surface area contributed by atoms with E-state index >= 15 is 4.39 Å². The normalized spacial score (nSPS) is 22.5. The third-order valence-electron chi connectivity index (χ3n) is 5.56. The maximum Gasteiger partial charge on any atom is 0.348 e. The Hall–Kier alpha value is -3.59. The van der Waals surface area contributed by atoms with E-state index in [1.807, 2.05) is 0 Å². The summed E-state index contributed by atoms with van der Waals surface area (Å²) in [7, 11) is 0. The molecule has 1 saturated heterocycles. The number of aliphatic hydroxyl groups is 1. The molecule has 2 aromatic heterocycles. The van der Waals surface area contributed by atoms with Crippen LogP contribution in [0.3, 0.4) is 0 Å². The number of anilines is 1. The highest BCUT2D eigenvalue weighted by molar-refractivity contribution is 6.28. The molecule has 6 N–H and O–H groups in total. The summed E-state index contributed by atoms with van der Waals surface area (Å²) in [5.74, 6) is -3.80. The molecule has 4 atom stereocenters. The van der Waals surface area contributed by atoms with Gasteiger partial charge in [0, 0.05) is 6.42 Å². The summed E-state index contributed by atoms with van der Waals surface area (Å²) >= 11 is 5.82. The SMILES string of the molecule is Nc1nc(Cl)nc2c1ncn2[C@@H]1O[C@H](COC(Cc2ccc(O)cc2)(C(=O)O)C(=O)O)[C@@H](O)[C@@H]1F. The summed E-state index contributed by atoms with van der Waals surface area (Å²) in [4.78, 5) is 35.6. The third-order valence-corrected chi connectivity index (χ3v) is 5.73. The number of phenols is 1. The Morgan fingerprint density at radius 3 is 2.51 bits per heavy atom. The van der Waals surface area contributed by atoms with Crippen molar-refractivity contribution < 1.29 is 43.9 Å². The minimum Gasteiger partial charge on any atom is -0.508 e. The maximum atomic E-state index is 15.0. The molecular weight excluding hydrogens is 493 g/mol. The van der Waals surface area contributed by atoms with Gasteiger partial charge in [-0.25, -0.2) is 19.0 Å². The second-order valence-electron chi connectivity index (χ2n) is 7.79. The smallest absolute Gasteiger partial charge is 0.348 e. The highest BCUT2D eigenvalue weighted by atomic mass is 35.5. The fourth-order valence-corrected chi connectivity index (χ4v) is 3.88. The lowest BCUT2D eigenvalue weighted by molar-refractivity contribution is -0.190. The van der Waals surface area contributed by atoms with Gasteiger partial charge < -0.3 is 35.6 Å². The van der Waals surface area contributed by atoms with Gasteiger partial charge in [0.15, 0.2) is 23.9 Å². The average molecular weight is 512 g/mol. The number of nitrogen functional groups attached to an aromatic ring is 1. The first-order valence-electron chi connectivity index (χ1n) is 10.1. The van der Waals surface area contributed by atoms with Crippen LogP contribution in [-0.2, 0) is 25.5 Å². The van der Waals surface area contributed by atoms with Crippen molar-refractivity contribution in [2.75, 3.05) is 12.3 Å². The van der Waals surface area contributed by atoms with Crippen molar-refractivity contribution in [1.29, 1.82) is 0 Å². The number of aliphatic carboxylic acids is 2. The molecular formula is C20H19ClFN5O8. The molecule has 3 heterocycles. The number of phenolic OH excluding ortho intramolecular Hbond substituents is 1. The highest BCUT2D eigenvalue weighted by Gasteiger charge is 2.52. The van der Waals surface area contributed by atoms with E-state index in [0.29, 0.717) is 0 Å². The number of halogens is 2. The summed E-state index contributed by atoms with van der Waals surface area (Å²) < 4.78 is 27.0. The fraction of sp³-hybridized carbons (Fsp3) is 0.350. The maximum absolute atomic E-state index is 15.0. The van der Waals surface area contributed by atoms with Crippen molar-refractivity contribution in [2.45, 2.75) is 36.6 Å². The van der Waals surface area contributed by atoms with E-state index in [-0.39, 0.29) is 33.6 Å². The van der Waals surface area contributed by atoms with Gasteiger partial charge in [-0.05, 0) is 29.3 Å². The first kappa shape index (κ1) is 24.5. The van der Waals surface area contributed by atoms with E-state index in [2.05, 4.69) is 15.0 Å². The number of aromatic nitrogens is 4. The van der Waals surface area contributed by atoms with Gasteiger partial charge >= 0.3 is 11.9 Å². The van der Waals surface area contributed by atoms with Crippen LogP contribution in [0.25, 0.3) is 11.2 Å². The Morgan fingerprint density at radius 1 is 1.23 bits per heavy atom. The number of aromatic hydroxyl groups is 1. The largest absolute Gasteiger partial charge is 0.508 e. The summed E-state index contributed by atoms with van der Waals surface area (Å²) in [6.07, 6.45) is -6.24. The first-order valence-corrected chi connectivity index (χ1v) is 10.4. The van der Waals surface area contributed by atoms with Crippen molar-refractivity contribution in [1.82, 2.24) is 19.5 Å². The molecule has 0 amide bonds. The molecule has 3 aromatic rings. The molecule has 1 aliphatic heterocycles. The molecule has 13 nitrogen and oxygen atoms in total. The lowest BCUT2D eigenvalue weighted by Crippen LogP contribution is -2.52. The summed E-state index contributed by atoms with van der Waals surface area (Å²) in [6, 6.07) is 5.17. The summed E-state index contributed by atoms with van der Waals surface area (Å²) in [5, 5.41) is 38.9. The van der Waals surface area contributed by atoms with Gasteiger partial charge in [-0.15, -0.1) is 0 Å². The molecule has 1 aromatic carbocycles. The van der Waals surface area contributed by atoms with Gasteiger partial charge in [0.2, 0.25) is 5.28 Å². The van der Waals surface area contributed by atoms with Gasteiger partial charge in [-0.1, -0.05) is 12.1 Å². The third kappa shape index (κ3) is 4.43. The van der Waals surface area contributed by atoms with Crippen LogP contribution in [0.15, 0.2) is 30.6 Å². The van der Waals surface area contributed by atoms with Crippen LogP contribution in [0.5, 0.6) is 5.75 Å². The lowest BCUT2D eigenvalue weighted by atomic mass is 9.94. The number of carbonyl (C=O) groups is 2. The van der Waals surface area contributed by atoms with Crippen LogP contribution in [-0.4, -0.2) is 82.5 Å². The molecule has 0 spiro atoms. The van der Waals surface area contributed by atoms with Crippen LogP contribution >= 0.6 is 11.6 Å². The van der Waals surface area contributed by atoms with Gasteiger partial charge in [-0.3, -0.25) is 4.57 Å². The number of nitrogens with zero attached hydrogens (tertiary/aromatic N) is 4. The second-order valence-corrected chi connectivity index (χ2v) is 8.13. The predicted molar refractivity (Wildman–Crippen MR) is 115 cm³/mol.